The highest BCUT2D eigenvalue weighted by molar-refractivity contribution is 5.16. The third kappa shape index (κ3) is 3.79. The fraction of sp³-hybridized carbons (Fsp3) is 0.500. The topological polar surface area (TPSA) is 50.9 Å². The normalized spacial score (nSPS) is 13.8. The van der Waals surface area contributed by atoms with Crippen LogP contribution in [-0.2, 0) is 12.7 Å². The van der Waals surface area contributed by atoms with Gasteiger partial charge in [0.15, 0.2) is 0 Å². The SMILES string of the molecule is C[C@H](CN)NCc1ccc(C(F)(F)F)cn1. The summed E-state index contributed by atoms with van der Waals surface area (Å²) in [6.07, 6.45) is -3.49. The zero-order valence-electron chi connectivity index (χ0n) is 8.88. The van der Waals surface area contributed by atoms with Gasteiger partial charge >= 0.3 is 6.18 Å². The third-order valence-electron chi connectivity index (χ3n) is 2.14. The van der Waals surface area contributed by atoms with Crippen LogP contribution in [0.4, 0.5) is 13.2 Å². The molecule has 0 saturated carbocycles. The molecule has 1 aromatic rings. The van der Waals surface area contributed by atoms with Crippen LogP contribution in [0, 0.1) is 0 Å². The average molecular weight is 233 g/mol. The highest BCUT2D eigenvalue weighted by Crippen LogP contribution is 2.28. The van der Waals surface area contributed by atoms with Crippen molar-refractivity contribution in [3.8, 4) is 0 Å². The first-order chi connectivity index (χ1) is 7.43. The Morgan fingerprint density at radius 1 is 1.44 bits per heavy atom. The van der Waals surface area contributed by atoms with E-state index in [0.717, 1.165) is 12.3 Å². The Bertz CT molecular complexity index is 321. The van der Waals surface area contributed by atoms with Crippen LogP contribution >= 0.6 is 0 Å². The molecule has 0 aliphatic heterocycles. The van der Waals surface area contributed by atoms with Crippen LogP contribution < -0.4 is 11.1 Å². The van der Waals surface area contributed by atoms with E-state index in [1.54, 1.807) is 0 Å². The van der Waals surface area contributed by atoms with Crippen LogP contribution in [0.2, 0.25) is 0 Å². The summed E-state index contributed by atoms with van der Waals surface area (Å²) in [4.78, 5) is 3.73. The van der Waals surface area contributed by atoms with E-state index in [4.69, 9.17) is 5.73 Å². The van der Waals surface area contributed by atoms with Crippen molar-refractivity contribution in [2.45, 2.75) is 25.7 Å². The summed E-state index contributed by atoms with van der Waals surface area (Å²) in [5, 5.41) is 3.04. The summed E-state index contributed by atoms with van der Waals surface area (Å²) >= 11 is 0. The second-order valence-corrected chi connectivity index (χ2v) is 3.55. The van der Waals surface area contributed by atoms with Gasteiger partial charge in [-0.15, -0.1) is 0 Å². The molecule has 1 rings (SSSR count). The predicted octanol–water partition coefficient (Wildman–Crippen LogP) is 1.54. The Kier molecular flexibility index (Phi) is 4.26. The molecule has 0 amide bonds. The molecule has 0 fully saturated rings. The summed E-state index contributed by atoms with van der Waals surface area (Å²) in [6, 6.07) is 2.50. The number of nitrogens with zero attached hydrogens (tertiary/aromatic N) is 1. The van der Waals surface area contributed by atoms with E-state index < -0.39 is 11.7 Å². The molecule has 0 unspecified atom stereocenters. The smallest absolute Gasteiger partial charge is 0.329 e. The van der Waals surface area contributed by atoms with Crippen molar-refractivity contribution in [2.75, 3.05) is 6.54 Å². The van der Waals surface area contributed by atoms with Gasteiger partial charge in [0.25, 0.3) is 0 Å². The maximum absolute atomic E-state index is 12.2. The van der Waals surface area contributed by atoms with Crippen molar-refractivity contribution in [1.29, 1.82) is 0 Å². The second kappa shape index (κ2) is 5.27. The van der Waals surface area contributed by atoms with E-state index in [9.17, 15) is 13.2 Å². The lowest BCUT2D eigenvalue weighted by atomic mass is 10.2. The van der Waals surface area contributed by atoms with Gasteiger partial charge in [-0.05, 0) is 19.1 Å². The van der Waals surface area contributed by atoms with Gasteiger partial charge in [-0.1, -0.05) is 0 Å². The molecule has 3 N–H and O–H groups in total. The largest absolute Gasteiger partial charge is 0.417 e. The van der Waals surface area contributed by atoms with Crippen LogP contribution in [0.5, 0.6) is 0 Å². The second-order valence-electron chi connectivity index (χ2n) is 3.55. The first-order valence-electron chi connectivity index (χ1n) is 4.89. The molecule has 1 heterocycles. The highest BCUT2D eigenvalue weighted by Gasteiger charge is 2.30. The number of pyridine rings is 1. The Morgan fingerprint density at radius 3 is 2.56 bits per heavy atom. The fourth-order valence-electron chi connectivity index (χ4n) is 1.06. The summed E-state index contributed by atoms with van der Waals surface area (Å²) in [7, 11) is 0. The lowest BCUT2D eigenvalue weighted by Crippen LogP contribution is -2.32. The molecule has 3 nitrogen and oxygen atoms in total. The Morgan fingerprint density at radius 2 is 2.12 bits per heavy atom. The minimum Gasteiger partial charge on any atom is -0.329 e. The number of alkyl halides is 3. The molecule has 90 valence electrons. The molecule has 0 saturated heterocycles. The molecular weight excluding hydrogens is 219 g/mol. The van der Waals surface area contributed by atoms with Crippen LogP contribution in [0.3, 0.4) is 0 Å². The van der Waals surface area contributed by atoms with Crippen LogP contribution in [0.15, 0.2) is 18.3 Å². The number of nitrogens with one attached hydrogen (secondary N) is 1. The molecule has 0 aromatic carbocycles. The first kappa shape index (κ1) is 12.9. The average Bonchev–Trinajstić information content (AvgIpc) is 2.25. The predicted molar refractivity (Wildman–Crippen MR) is 54.6 cm³/mol. The molecule has 0 aliphatic carbocycles. The quantitative estimate of drug-likeness (QED) is 0.829. The molecular formula is C10H14F3N3. The van der Waals surface area contributed by atoms with Gasteiger partial charge in [0.2, 0.25) is 0 Å². The Hall–Kier alpha value is -1.14. The van der Waals surface area contributed by atoms with Crippen molar-refractivity contribution in [3.63, 3.8) is 0 Å². The molecule has 0 aliphatic rings. The van der Waals surface area contributed by atoms with Gasteiger partial charge in [0.1, 0.15) is 0 Å². The number of hydrogen-bond donors (Lipinski definition) is 2. The summed E-state index contributed by atoms with van der Waals surface area (Å²) in [5.74, 6) is 0. The minimum absolute atomic E-state index is 0.115. The summed E-state index contributed by atoms with van der Waals surface area (Å²) in [6.45, 7) is 2.78. The van der Waals surface area contributed by atoms with E-state index >= 15 is 0 Å². The number of aromatic nitrogens is 1. The zero-order valence-corrected chi connectivity index (χ0v) is 8.88. The van der Waals surface area contributed by atoms with Crippen molar-refractivity contribution >= 4 is 0 Å². The van der Waals surface area contributed by atoms with E-state index in [-0.39, 0.29) is 6.04 Å². The number of rotatable bonds is 4. The van der Waals surface area contributed by atoms with Crippen molar-refractivity contribution < 1.29 is 13.2 Å². The highest BCUT2D eigenvalue weighted by atomic mass is 19.4. The molecule has 0 spiro atoms. The fourth-order valence-corrected chi connectivity index (χ4v) is 1.06. The third-order valence-corrected chi connectivity index (χ3v) is 2.14. The van der Waals surface area contributed by atoms with Gasteiger partial charge < -0.3 is 11.1 Å². The van der Waals surface area contributed by atoms with E-state index in [1.807, 2.05) is 6.92 Å². The maximum Gasteiger partial charge on any atom is 0.417 e. The van der Waals surface area contributed by atoms with E-state index in [0.29, 0.717) is 18.8 Å². The first-order valence-corrected chi connectivity index (χ1v) is 4.89. The standard InChI is InChI=1S/C10H14F3N3/c1-7(4-14)15-6-9-3-2-8(5-16-9)10(11,12)13/h2-3,5,7,15H,4,6,14H2,1H3/t7-/m1/s1. The lowest BCUT2D eigenvalue weighted by molar-refractivity contribution is -0.137. The van der Waals surface area contributed by atoms with E-state index in [2.05, 4.69) is 10.3 Å². The van der Waals surface area contributed by atoms with E-state index in [1.165, 1.54) is 6.07 Å². The van der Waals surface area contributed by atoms with Gasteiger partial charge in [0, 0.05) is 25.3 Å². The van der Waals surface area contributed by atoms with Crippen molar-refractivity contribution in [2.24, 2.45) is 5.73 Å². The molecule has 1 aromatic heterocycles. The number of nitrogens with two attached hydrogens (primary N) is 1. The number of hydrogen-bond acceptors (Lipinski definition) is 3. The molecule has 1 atom stereocenters. The Labute approximate surface area is 91.9 Å². The van der Waals surface area contributed by atoms with Crippen LogP contribution in [0.25, 0.3) is 0 Å². The lowest BCUT2D eigenvalue weighted by Gasteiger charge is -2.11. The minimum atomic E-state index is -4.33. The maximum atomic E-state index is 12.2. The number of halogens is 3. The van der Waals surface area contributed by atoms with Crippen molar-refractivity contribution in [1.82, 2.24) is 10.3 Å². The van der Waals surface area contributed by atoms with Gasteiger partial charge in [0.05, 0.1) is 11.3 Å². The summed E-state index contributed by atoms with van der Waals surface area (Å²) in [5.41, 5.74) is 5.22. The van der Waals surface area contributed by atoms with Gasteiger partial charge in [-0.2, -0.15) is 13.2 Å². The summed E-state index contributed by atoms with van der Waals surface area (Å²) < 4.78 is 36.6. The molecule has 16 heavy (non-hydrogen) atoms. The molecule has 0 bridgehead atoms. The zero-order chi connectivity index (χ0) is 12.2. The monoisotopic (exact) mass is 233 g/mol. The Balaban J connectivity index is 2.58. The van der Waals surface area contributed by atoms with Crippen LogP contribution in [0.1, 0.15) is 18.2 Å². The van der Waals surface area contributed by atoms with Gasteiger partial charge in [-0.25, -0.2) is 0 Å². The molecule has 6 heteroatoms. The van der Waals surface area contributed by atoms with Gasteiger partial charge in [-0.3, -0.25) is 4.98 Å². The van der Waals surface area contributed by atoms with Crippen LogP contribution in [-0.4, -0.2) is 17.6 Å². The van der Waals surface area contributed by atoms with Crippen molar-refractivity contribution in [3.05, 3.63) is 29.6 Å². The molecule has 0 radical (unpaired) electrons.